The van der Waals surface area contributed by atoms with Crippen LogP contribution in [0.1, 0.15) is 45.4 Å². The normalized spacial score (nSPS) is 27.4. The van der Waals surface area contributed by atoms with Crippen molar-refractivity contribution in [1.82, 2.24) is 5.32 Å². The zero-order valence-corrected chi connectivity index (χ0v) is 10.1. The van der Waals surface area contributed by atoms with Crippen LogP contribution in [0.4, 0.5) is 0 Å². The lowest BCUT2D eigenvalue weighted by atomic mass is 9.91. The van der Waals surface area contributed by atoms with Crippen LogP contribution in [0, 0.1) is 5.92 Å². The van der Waals surface area contributed by atoms with Crippen LogP contribution in [0.3, 0.4) is 0 Å². The van der Waals surface area contributed by atoms with Crippen LogP contribution in [-0.2, 0) is 4.79 Å². The Bertz CT molecular complexity index is 221. The summed E-state index contributed by atoms with van der Waals surface area (Å²) in [6, 6.07) is -0.0628. The topological polar surface area (TPSA) is 75.4 Å². The molecule has 1 fully saturated rings. The van der Waals surface area contributed by atoms with E-state index in [1.54, 1.807) is 0 Å². The number of nitrogens with two attached hydrogens (primary N) is 1. The SMILES string of the molecule is CCCC(CN)C(=O)N[C@@H]1CCCC[C@H]1O. The zero-order valence-electron chi connectivity index (χ0n) is 10.1. The maximum absolute atomic E-state index is 11.9. The Morgan fingerprint density at radius 2 is 2.19 bits per heavy atom. The van der Waals surface area contributed by atoms with E-state index in [1.807, 2.05) is 6.92 Å². The van der Waals surface area contributed by atoms with Crippen LogP contribution < -0.4 is 11.1 Å². The van der Waals surface area contributed by atoms with Gasteiger partial charge >= 0.3 is 0 Å². The highest BCUT2D eigenvalue weighted by atomic mass is 16.3. The minimum Gasteiger partial charge on any atom is -0.391 e. The number of nitrogens with one attached hydrogen (secondary N) is 1. The summed E-state index contributed by atoms with van der Waals surface area (Å²) in [7, 11) is 0. The number of amides is 1. The molecule has 3 atom stereocenters. The Kier molecular flexibility index (Phi) is 5.77. The Balaban J connectivity index is 2.41. The third kappa shape index (κ3) is 3.76. The lowest BCUT2D eigenvalue weighted by Gasteiger charge is -2.29. The smallest absolute Gasteiger partial charge is 0.224 e. The molecule has 4 heteroatoms. The highest BCUT2D eigenvalue weighted by molar-refractivity contribution is 5.79. The standard InChI is InChI=1S/C12H24N2O2/c1-2-5-9(8-13)12(16)14-10-6-3-4-7-11(10)15/h9-11,15H,2-8,13H2,1H3,(H,14,16)/t9?,10-,11-/m1/s1. The van der Waals surface area contributed by atoms with Crippen molar-refractivity contribution in [2.75, 3.05) is 6.54 Å². The Morgan fingerprint density at radius 1 is 1.50 bits per heavy atom. The maximum atomic E-state index is 11.9. The monoisotopic (exact) mass is 228 g/mol. The van der Waals surface area contributed by atoms with Crippen LogP contribution in [0.5, 0.6) is 0 Å². The zero-order chi connectivity index (χ0) is 12.0. The molecular weight excluding hydrogens is 204 g/mol. The second-order valence-electron chi connectivity index (χ2n) is 4.69. The van der Waals surface area contributed by atoms with Crippen LogP contribution in [0.2, 0.25) is 0 Å². The third-order valence-electron chi connectivity index (χ3n) is 3.35. The van der Waals surface area contributed by atoms with Gasteiger partial charge in [-0.25, -0.2) is 0 Å². The fourth-order valence-electron chi connectivity index (χ4n) is 2.28. The molecule has 1 unspecified atom stereocenters. The molecule has 0 aliphatic heterocycles. The quantitative estimate of drug-likeness (QED) is 0.651. The first-order valence-corrected chi connectivity index (χ1v) is 6.37. The largest absolute Gasteiger partial charge is 0.391 e. The average Bonchev–Trinajstić information content (AvgIpc) is 2.29. The summed E-state index contributed by atoms with van der Waals surface area (Å²) >= 11 is 0. The van der Waals surface area contributed by atoms with Crippen LogP contribution in [0.15, 0.2) is 0 Å². The average molecular weight is 228 g/mol. The molecule has 0 saturated heterocycles. The number of hydrogen-bond donors (Lipinski definition) is 3. The van der Waals surface area contributed by atoms with Gasteiger partial charge in [0.1, 0.15) is 0 Å². The molecule has 1 saturated carbocycles. The van der Waals surface area contributed by atoms with E-state index in [4.69, 9.17) is 5.73 Å². The summed E-state index contributed by atoms with van der Waals surface area (Å²) in [4.78, 5) is 11.9. The van der Waals surface area contributed by atoms with Gasteiger partial charge < -0.3 is 16.2 Å². The molecule has 1 aliphatic rings. The molecule has 4 nitrogen and oxygen atoms in total. The van der Waals surface area contributed by atoms with Gasteiger partial charge in [-0.1, -0.05) is 26.2 Å². The molecule has 0 aromatic carbocycles. The van der Waals surface area contributed by atoms with E-state index in [-0.39, 0.29) is 24.0 Å². The molecule has 0 heterocycles. The lowest BCUT2D eigenvalue weighted by molar-refractivity contribution is -0.126. The maximum Gasteiger partial charge on any atom is 0.224 e. The van der Waals surface area contributed by atoms with Gasteiger partial charge in [0.15, 0.2) is 0 Å². The highest BCUT2D eigenvalue weighted by Gasteiger charge is 2.26. The van der Waals surface area contributed by atoms with Crippen LogP contribution >= 0.6 is 0 Å². The van der Waals surface area contributed by atoms with Gasteiger partial charge in [-0.15, -0.1) is 0 Å². The van der Waals surface area contributed by atoms with Gasteiger partial charge in [0, 0.05) is 6.54 Å². The summed E-state index contributed by atoms with van der Waals surface area (Å²) in [5, 5.41) is 12.7. The molecule has 0 aromatic rings. The fraction of sp³-hybridized carbons (Fsp3) is 0.917. The van der Waals surface area contributed by atoms with E-state index in [1.165, 1.54) is 0 Å². The molecule has 0 radical (unpaired) electrons. The van der Waals surface area contributed by atoms with Crippen molar-refractivity contribution in [2.24, 2.45) is 11.7 Å². The Labute approximate surface area is 97.6 Å². The second-order valence-corrected chi connectivity index (χ2v) is 4.69. The predicted octanol–water partition coefficient (Wildman–Crippen LogP) is 0.781. The summed E-state index contributed by atoms with van der Waals surface area (Å²) in [5.74, 6) is -0.0885. The molecule has 16 heavy (non-hydrogen) atoms. The molecule has 0 aromatic heterocycles. The van der Waals surface area contributed by atoms with E-state index in [0.717, 1.165) is 38.5 Å². The lowest BCUT2D eigenvalue weighted by Crippen LogP contribution is -2.48. The number of aliphatic hydroxyl groups excluding tert-OH is 1. The van der Waals surface area contributed by atoms with Crippen LogP contribution in [-0.4, -0.2) is 29.7 Å². The number of aliphatic hydroxyl groups is 1. The molecule has 1 aliphatic carbocycles. The summed E-state index contributed by atoms with van der Waals surface area (Å²) < 4.78 is 0. The molecule has 1 rings (SSSR count). The predicted molar refractivity (Wildman–Crippen MR) is 63.9 cm³/mol. The van der Waals surface area contributed by atoms with Crippen molar-refractivity contribution in [3.05, 3.63) is 0 Å². The van der Waals surface area contributed by atoms with Gasteiger partial charge in [0.05, 0.1) is 18.1 Å². The van der Waals surface area contributed by atoms with E-state index >= 15 is 0 Å². The number of carbonyl (C=O) groups excluding carboxylic acids is 1. The fourth-order valence-corrected chi connectivity index (χ4v) is 2.28. The van der Waals surface area contributed by atoms with Crippen molar-refractivity contribution >= 4 is 5.91 Å². The molecular formula is C12H24N2O2. The number of carbonyl (C=O) groups is 1. The minimum atomic E-state index is -0.377. The van der Waals surface area contributed by atoms with Gasteiger partial charge in [-0.2, -0.15) is 0 Å². The third-order valence-corrected chi connectivity index (χ3v) is 3.35. The summed E-state index contributed by atoms with van der Waals surface area (Å²) in [5.41, 5.74) is 5.58. The summed E-state index contributed by atoms with van der Waals surface area (Å²) in [6.07, 6.45) is 5.24. The number of rotatable bonds is 5. The van der Waals surface area contributed by atoms with Crippen molar-refractivity contribution in [2.45, 2.75) is 57.6 Å². The van der Waals surface area contributed by atoms with E-state index in [2.05, 4.69) is 5.32 Å². The van der Waals surface area contributed by atoms with E-state index in [9.17, 15) is 9.90 Å². The highest BCUT2D eigenvalue weighted by Crippen LogP contribution is 2.19. The first-order chi connectivity index (χ1) is 7.69. The molecule has 4 N–H and O–H groups in total. The molecule has 94 valence electrons. The second kappa shape index (κ2) is 6.86. The molecule has 0 spiro atoms. The van der Waals surface area contributed by atoms with Crippen LogP contribution in [0.25, 0.3) is 0 Å². The number of hydrogen-bond acceptors (Lipinski definition) is 3. The minimum absolute atomic E-state index is 0.00954. The first-order valence-electron chi connectivity index (χ1n) is 6.37. The van der Waals surface area contributed by atoms with E-state index in [0.29, 0.717) is 6.54 Å². The molecule has 0 bridgehead atoms. The van der Waals surface area contributed by atoms with Crippen molar-refractivity contribution in [3.8, 4) is 0 Å². The van der Waals surface area contributed by atoms with Crippen molar-refractivity contribution in [3.63, 3.8) is 0 Å². The Morgan fingerprint density at radius 3 is 2.75 bits per heavy atom. The molecule has 1 amide bonds. The summed E-state index contributed by atoms with van der Waals surface area (Å²) in [6.45, 7) is 2.44. The van der Waals surface area contributed by atoms with Gasteiger partial charge in [-0.3, -0.25) is 4.79 Å². The Hall–Kier alpha value is -0.610. The van der Waals surface area contributed by atoms with Crippen molar-refractivity contribution in [1.29, 1.82) is 0 Å². The van der Waals surface area contributed by atoms with Gasteiger partial charge in [0.25, 0.3) is 0 Å². The first kappa shape index (κ1) is 13.5. The van der Waals surface area contributed by atoms with E-state index < -0.39 is 0 Å². The van der Waals surface area contributed by atoms with Gasteiger partial charge in [-0.05, 0) is 19.3 Å². The van der Waals surface area contributed by atoms with Crippen molar-refractivity contribution < 1.29 is 9.90 Å². The van der Waals surface area contributed by atoms with Gasteiger partial charge in [0.2, 0.25) is 5.91 Å².